The highest BCUT2D eigenvalue weighted by molar-refractivity contribution is 6.36. The second-order valence-corrected chi connectivity index (χ2v) is 2.53. The summed E-state index contributed by atoms with van der Waals surface area (Å²) in [6.07, 6.45) is 0. The Bertz CT molecular complexity index is 429. The average molecular weight is 210 g/mol. The van der Waals surface area contributed by atoms with E-state index in [0.29, 0.717) is 0 Å². The van der Waals surface area contributed by atoms with Gasteiger partial charge in [-0.25, -0.2) is 4.79 Å². The highest BCUT2D eigenvalue weighted by Crippen LogP contribution is 2.22. The minimum atomic E-state index is -1.70. The molecule has 1 rings (SSSR count). The molecular weight excluding hydrogens is 204 g/mol. The van der Waals surface area contributed by atoms with Gasteiger partial charge in [0.15, 0.2) is 0 Å². The fourth-order valence-electron chi connectivity index (χ4n) is 0.914. The third kappa shape index (κ3) is 2.50. The van der Waals surface area contributed by atoms with Crippen LogP contribution in [0.25, 0.3) is 0 Å². The van der Waals surface area contributed by atoms with E-state index >= 15 is 0 Å². The number of hydrogen-bond acceptors (Lipinski definition) is 4. The topological polar surface area (TPSA) is 110 Å². The molecule has 1 aromatic carbocycles. The lowest BCUT2D eigenvalue weighted by Crippen LogP contribution is -2.22. The first-order valence-electron chi connectivity index (χ1n) is 3.80. The minimum Gasteiger partial charge on any atom is -0.474 e. The highest BCUT2D eigenvalue weighted by Gasteiger charge is 2.18. The first-order chi connectivity index (χ1) is 7.02. The number of nitrogens with one attached hydrogen (secondary N) is 1. The number of amides is 1. The van der Waals surface area contributed by atoms with Crippen LogP contribution in [0.15, 0.2) is 24.3 Å². The van der Waals surface area contributed by atoms with Crippen LogP contribution in [-0.4, -0.2) is 21.9 Å². The van der Waals surface area contributed by atoms with Gasteiger partial charge in [0, 0.05) is 6.07 Å². The van der Waals surface area contributed by atoms with Crippen LogP contribution in [0.4, 0.5) is 11.4 Å². The molecule has 0 aliphatic heterocycles. The van der Waals surface area contributed by atoms with Crippen molar-refractivity contribution in [2.24, 2.45) is 0 Å². The Hall–Kier alpha value is -2.44. The van der Waals surface area contributed by atoms with E-state index in [0.717, 1.165) is 6.07 Å². The SMILES string of the molecule is O=C(O)C(=O)Nc1ccccc1[N+](=O)[O-]. The van der Waals surface area contributed by atoms with Crippen molar-refractivity contribution in [3.05, 3.63) is 34.4 Å². The van der Waals surface area contributed by atoms with Crippen LogP contribution >= 0.6 is 0 Å². The number of nitro benzene ring substituents is 1. The highest BCUT2D eigenvalue weighted by atomic mass is 16.6. The molecule has 0 aliphatic carbocycles. The van der Waals surface area contributed by atoms with Gasteiger partial charge in [-0.3, -0.25) is 14.9 Å². The number of carboxylic acid groups (broad SMARTS) is 1. The summed E-state index contributed by atoms with van der Waals surface area (Å²) in [5, 5.41) is 20.7. The summed E-state index contributed by atoms with van der Waals surface area (Å²) < 4.78 is 0. The number of rotatable bonds is 2. The Kier molecular flexibility index (Phi) is 2.97. The zero-order valence-corrected chi connectivity index (χ0v) is 7.34. The molecule has 0 heterocycles. The molecule has 7 nitrogen and oxygen atoms in total. The molecule has 0 bridgehead atoms. The van der Waals surface area contributed by atoms with Crippen LogP contribution < -0.4 is 5.32 Å². The summed E-state index contributed by atoms with van der Waals surface area (Å²) in [6.45, 7) is 0. The van der Waals surface area contributed by atoms with E-state index < -0.39 is 16.8 Å². The summed E-state index contributed by atoms with van der Waals surface area (Å²) in [7, 11) is 0. The number of benzene rings is 1. The van der Waals surface area contributed by atoms with Gasteiger partial charge < -0.3 is 10.4 Å². The van der Waals surface area contributed by atoms with Crippen LogP contribution in [0, 0.1) is 10.1 Å². The Morgan fingerprint density at radius 2 is 1.93 bits per heavy atom. The van der Waals surface area contributed by atoms with Gasteiger partial charge in [0.2, 0.25) is 0 Å². The van der Waals surface area contributed by atoms with Crippen molar-refractivity contribution >= 4 is 23.3 Å². The number of aliphatic carboxylic acids is 1. The van der Waals surface area contributed by atoms with Crippen LogP contribution in [-0.2, 0) is 9.59 Å². The van der Waals surface area contributed by atoms with E-state index in [1.807, 2.05) is 5.32 Å². The molecule has 0 unspecified atom stereocenters. The van der Waals surface area contributed by atoms with Crippen LogP contribution in [0.1, 0.15) is 0 Å². The van der Waals surface area contributed by atoms with Crippen LogP contribution in [0.2, 0.25) is 0 Å². The maximum Gasteiger partial charge on any atom is 0.394 e. The fraction of sp³-hybridized carbons (Fsp3) is 0. The van der Waals surface area contributed by atoms with Crippen molar-refractivity contribution in [3.63, 3.8) is 0 Å². The summed E-state index contributed by atoms with van der Waals surface area (Å²) in [4.78, 5) is 30.7. The lowest BCUT2D eigenvalue weighted by atomic mass is 10.2. The summed E-state index contributed by atoms with van der Waals surface area (Å²) in [6, 6.07) is 5.27. The molecule has 15 heavy (non-hydrogen) atoms. The van der Waals surface area contributed by atoms with Gasteiger partial charge in [0.1, 0.15) is 5.69 Å². The quantitative estimate of drug-likeness (QED) is 0.422. The Morgan fingerprint density at radius 1 is 1.33 bits per heavy atom. The normalized spacial score (nSPS) is 9.33. The van der Waals surface area contributed by atoms with E-state index in [2.05, 4.69) is 0 Å². The molecule has 0 aliphatic rings. The number of nitrogens with zero attached hydrogens (tertiary/aromatic N) is 1. The fourth-order valence-corrected chi connectivity index (χ4v) is 0.914. The molecule has 0 saturated carbocycles. The third-order valence-corrected chi connectivity index (χ3v) is 1.54. The van der Waals surface area contributed by atoms with Gasteiger partial charge in [-0.1, -0.05) is 12.1 Å². The summed E-state index contributed by atoms with van der Waals surface area (Å²) >= 11 is 0. The molecule has 78 valence electrons. The molecule has 0 spiro atoms. The predicted octanol–water partition coefficient (Wildman–Crippen LogP) is 0.618. The van der Waals surface area contributed by atoms with E-state index in [4.69, 9.17) is 5.11 Å². The lowest BCUT2D eigenvalue weighted by molar-refractivity contribution is -0.383. The molecule has 1 amide bonds. The van der Waals surface area contributed by atoms with E-state index in [9.17, 15) is 19.7 Å². The number of carbonyl (C=O) groups is 2. The van der Waals surface area contributed by atoms with Crippen molar-refractivity contribution < 1.29 is 19.6 Å². The van der Waals surface area contributed by atoms with Gasteiger partial charge in [-0.2, -0.15) is 0 Å². The number of carbonyl (C=O) groups excluding carboxylic acids is 1. The maximum atomic E-state index is 10.8. The first-order valence-corrected chi connectivity index (χ1v) is 3.80. The maximum absolute atomic E-state index is 10.8. The first kappa shape index (κ1) is 10.6. The molecular formula is C8H6N2O5. The number of carboxylic acids is 1. The summed E-state index contributed by atoms with van der Waals surface area (Å²) in [5.74, 6) is -3.02. The van der Waals surface area contributed by atoms with Crippen molar-refractivity contribution in [1.29, 1.82) is 0 Å². The average Bonchev–Trinajstić information content (AvgIpc) is 2.18. The number of para-hydroxylation sites is 2. The largest absolute Gasteiger partial charge is 0.474 e. The van der Waals surface area contributed by atoms with E-state index in [-0.39, 0.29) is 11.4 Å². The van der Waals surface area contributed by atoms with Crippen molar-refractivity contribution in [1.82, 2.24) is 0 Å². The number of anilines is 1. The van der Waals surface area contributed by atoms with E-state index in [1.165, 1.54) is 18.2 Å². The van der Waals surface area contributed by atoms with Gasteiger partial charge in [-0.05, 0) is 6.07 Å². The second-order valence-electron chi connectivity index (χ2n) is 2.53. The third-order valence-electron chi connectivity index (χ3n) is 1.54. The van der Waals surface area contributed by atoms with Gasteiger partial charge in [-0.15, -0.1) is 0 Å². The number of nitro groups is 1. The van der Waals surface area contributed by atoms with Crippen molar-refractivity contribution in [2.75, 3.05) is 5.32 Å². The Balaban J connectivity index is 2.99. The molecule has 1 aromatic rings. The van der Waals surface area contributed by atoms with Crippen molar-refractivity contribution in [2.45, 2.75) is 0 Å². The molecule has 7 heteroatoms. The molecule has 0 radical (unpaired) electrons. The zero-order chi connectivity index (χ0) is 11.4. The Morgan fingerprint density at radius 3 is 2.47 bits per heavy atom. The van der Waals surface area contributed by atoms with Crippen LogP contribution in [0.3, 0.4) is 0 Å². The molecule has 2 N–H and O–H groups in total. The predicted molar refractivity (Wildman–Crippen MR) is 49.4 cm³/mol. The van der Waals surface area contributed by atoms with Crippen LogP contribution in [0.5, 0.6) is 0 Å². The molecule has 0 aromatic heterocycles. The molecule has 0 atom stereocenters. The zero-order valence-electron chi connectivity index (χ0n) is 7.34. The van der Waals surface area contributed by atoms with Gasteiger partial charge >= 0.3 is 11.9 Å². The smallest absolute Gasteiger partial charge is 0.394 e. The van der Waals surface area contributed by atoms with Crippen molar-refractivity contribution in [3.8, 4) is 0 Å². The minimum absolute atomic E-state index is 0.144. The van der Waals surface area contributed by atoms with Gasteiger partial charge in [0.05, 0.1) is 4.92 Å². The summed E-state index contributed by atoms with van der Waals surface area (Å²) in [5.41, 5.74) is -0.498. The van der Waals surface area contributed by atoms with Gasteiger partial charge in [0.25, 0.3) is 5.69 Å². The standard InChI is InChI=1S/C8H6N2O5/c11-7(8(12)13)9-5-3-1-2-4-6(5)10(14)15/h1-4H,(H,9,11)(H,12,13). The lowest BCUT2D eigenvalue weighted by Gasteiger charge is -2.01. The monoisotopic (exact) mass is 210 g/mol. The molecule has 0 saturated heterocycles. The molecule has 0 fully saturated rings. The Labute approximate surface area is 83.5 Å². The second kappa shape index (κ2) is 4.18. The van der Waals surface area contributed by atoms with E-state index in [1.54, 1.807) is 0 Å². The number of hydrogen-bond donors (Lipinski definition) is 2.